The summed E-state index contributed by atoms with van der Waals surface area (Å²) in [4.78, 5) is 5.85. The third kappa shape index (κ3) is 2.37. The lowest BCUT2D eigenvalue weighted by Gasteiger charge is -2.02. The van der Waals surface area contributed by atoms with Crippen LogP contribution in [-0.4, -0.2) is 9.38 Å². The topological polar surface area (TPSA) is 43.3 Å². The quantitative estimate of drug-likeness (QED) is 0.793. The van der Waals surface area contributed by atoms with Crippen LogP contribution in [-0.2, 0) is 6.54 Å². The first-order valence-corrected chi connectivity index (χ1v) is 7.00. The van der Waals surface area contributed by atoms with Crippen molar-refractivity contribution in [3.63, 3.8) is 0 Å². The Balaban J connectivity index is 2.05. The van der Waals surface area contributed by atoms with Crippen LogP contribution in [0.2, 0.25) is 0 Å². The number of aromatic nitrogens is 2. The predicted molar refractivity (Wildman–Crippen MR) is 78.4 cm³/mol. The summed E-state index contributed by atoms with van der Waals surface area (Å²) >= 11 is 1.67. The monoisotopic (exact) mass is 269 g/mol. The van der Waals surface area contributed by atoms with Crippen LogP contribution in [0.1, 0.15) is 11.3 Å². The minimum atomic E-state index is 0.485. The fraction of sp³-hybridized carbons (Fsp3) is 0.133. The summed E-state index contributed by atoms with van der Waals surface area (Å²) in [5.74, 6) is 0. The number of fused-ring (bicyclic) bond motifs is 1. The molecule has 19 heavy (non-hydrogen) atoms. The molecule has 0 spiro atoms. The highest BCUT2D eigenvalue weighted by Gasteiger charge is 2.11. The van der Waals surface area contributed by atoms with E-state index in [-0.39, 0.29) is 0 Å². The maximum absolute atomic E-state index is 5.87. The molecule has 3 rings (SSSR count). The van der Waals surface area contributed by atoms with Gasteiger partial charge in [0.1, 0.15) is 10.7 Å². The number of nitrogens with two attached hydrogens (primary N) is 1. The Bertz CT molecular complexity index is 718. The number of rotatable bonds is 3. The van der Waals surface area contributed by atoms with E-state index in [0.29, 0.717) is 6.54 Å². The smallest absolute Gasteiger partial charge is 0.138 e. The van der Waals surface area contributed by atoms with Gasteiger partial charge in [-0.15, -0.1) is 0 Å². The molecule has 0 amide bonds. The maximum Gasteiger partial charge on any atom is 0.138 e. The number of imidazole rings is 1. The SMILES string of the molecule is Cc1cccc(Sc2nc3ccccn3c2CN)c1. The van der Waals surface area contributed by atoms with E-state index in [4.69, 9.17) is 5.73 Å². The summed E-state index contributed by atoms with van der Waals surface area (Å²) in [5.41, 5.74) is 9.12. The Labute approximate surface area is 116 Å². The van der Waals surface area contributed by atoms with Gasteiger partial charge in [-0.3, -0.25) is 0 Å². The Morgan fingerprint density at radius 1 is 1.21 bits per heavy atom. The van der Waals surface area contributed by atoms with E-state index < -0.39 is 0 Å². The van der Waals surface area contributed by atoms with Gasteiger partial charge in [0.15, 0.2) is 0 Å². The molecule has 0 bridgehead atoms. The van der Waals surface area contributed by atoms with E-state index in [1.807, 2.05) is 24.4 Å². The lowest BCUT2D eigenvalue weighted by atomic mass is 10.2. The van der Waals surface area contributed by atoms with Gasteiger partial charge in [0.25, 0.3) is 0 Å². The molecule has 0 radical (unpaired) electrons. The Morgan fingerprint density at radius 2 is 2.11 bits per heavy atom. The Kier molecular flexibility index (Phi) is 3.27. The minimum Gasteiger partial charge on any atom is -0.325 e. The third-order valence-corrected chi connectivity index (χ3v) is 4.00. The van der Waals surface area contributed by atoms with Crippen molar-refractivity contribution in [2.75, 3.05) is 0 Å². The van der Waals surface area contributed by atoms with Gasteiger partial charge in [0.05, 0.1) is 5.69 Å². The summed E-state index contributed by atoms with van der Waals surface area (Å²) in [6.45, 7) is 2.58. The summed E-state index contributed by atoms with van der Waals surface area (Å²) in [7, 11) is 0. The zero-order chi connectivity index (χ0) is 13.2. The van der Waals surface area contributed by atoms with Gasteiger partial charge in [-0.1, -0.05) is 35.5 Å². The van der Waals surface area contributed by atoms with Crippen LogP contribution in [0.5, 0.6) is 0 Å². The highest BCUT2D eigenvalue weighted by molar-refractivity contribution is 7.99. The lowest BCUT2D eigenvalue weighted by Crippen LogP contribution is -2.01. The van der Waals surface area contributed by atoms with E-state index in [1.165, 1.54) is 10.5 Å². The van der Waals surface area contributed by atoms with E-state index in [2.05, 4.69) is 40.6 Å². The van der Waals surface area contributed by atoms with Gasteiger partial charge in [0, 0.05) is 17.6 Å². The Hall–Kier alpha value is -1.78. The molecule has 0 aliphatic rings. The normalized spacial score (nSPS) is 11.1. The van der Waals surface area contributed by atoms with Gasteiger partial charge in [-0.05, 0) is 31.2 Å². The molecule has 96 valence electrons. The van der Waals surface area contributed by atoms with Crippen molar-refractivity contribution in [1.29, 1.82) is 0 Å². The highest BCUT2D eigenvalue weighted by atomic mass is 32.2. The summed E-state index contributed by atoms with van der Waals surface area (Å²) in [6, 6.07) is 14.4. The molecule has 0 unspecified atom stereocenters. The molecule has 0 fully saturated rings. The minimum absolute atomic E-state index is 0.485. The highest BCUT2D eigenvalue weighted by Crippen LogP contribution is 2.30. The van der Waals surface area contributed by atoms with Crippen molar-refractivity contribution >= 4 is 17.4 Å². The molecule has 3 nitrogen and oxygen atoms in total. The zero-order valence-electron chi connectivity index (χ0n) is 10.7. The van der Waals surface area contributed by atoms with Gasteiger partial charge < -0.3 is 10.1 Å². The molecule has 2 heterocycles. The van der Waals surface area contributed by atoms with E-state index in [1.54, 1.807) is 11.8 Å². The summed E-state index contributed by atoms with van der Waals surface area (Å²) in [5, 5.41) is 0.985. The van der Waals surface area contributed by atoms with Crippen molar-refractivity contribution in [1.82, 2.24) is 9.38 Å². The molecule has 0 aliphatic heterocycles. The molecule has 2 aromatic heterocycles. The average molecular weight is 269 g/mol. The molecule has 4 heteroatoms. The van der Waals surface area contributed by atoms with Crippen LogP contribution in [0.4, 0.5) is 0 Å². The van der Waals surface area contributed by atoms with Crippen molar-refractivity contribution < 1.29 is 0 Å². The molecule has 2 N–H and O–H groups in total. The van der Waals surface area contributed by atoms with Gasteiger partial charge in [0.2, 0.25) is 0 Å². The number of nitrogens with zero attached hydrogens (tertiary/aromatic N) is 2. The van der Waals surface area contributed by atoms with Gasteiger partial charge in [-0.2, -0.15) is 0 Å². The van der Waals surface area contributed by atoms with Crippen molar-refractivity contribution in [2.45, 2.75) is 23.4 Å². The van der Waals surface area contributed by atoms with E-state index in [0.717, 1.165) is 16.4 Å². The molecular weight excluding hydrogens is 254 g/mol. The fourth-order valence-corrected chi connectivity index (χ4v) is 3.14. The first kappa shape index (κ1) is 12.3. The second-order valence-electron chi connectivity index (χ2n) is 4.42. The number of benzene rings is 1. The predicted octanol–water partition coefficient (Wildman–Crippen LogP) is 3.25. The standard InChI is InChI=1S/C15H15N3S/c1-11-5-4-6-12(9-11)19-15-13(10-16)18-8-3-2-7-14(18)17-15/h2-9H,10,16H2,1H3. The second-order valence-corrected chi connectivity index (χ2v) is 5.48. The van der Waals surface area contributed by atoms with Gasteiger partial charge in [-0.25, -0.2) is 4.98 Å². The Morgan fingerprint density at radius 3 is 2.89 bits per heavy atom. The fourth-order valence-electron chi connectivity index (χ4n) is 2.08. The maximum atomic E-state index is 5.87. The molecule has 0 saturated heterocycles. The molecule has 3 aromatic rings. The number of pyridine rings is 1. The average Bonchev–Trinajstić information content (AvgIpc) is 2.75. The lowest BCUT2D eigenvalue weighted by molar-refractivity contribution is 0.921. The molecular formula is C15H15N3S. The molecule has 0 atom stereocenters. The molecule has 0 saturated carbocycles. The number of hydrogen-bond acceptors (Lipinski definition) is 3. The van der Waals surface area contributed by atoms with Crippen molar-refractivity contribution in [3.8, 4) is 0 Å². The number of aryl methyl sites for hydroxylation is 1. The second kappa shape index (κ2) is 5.07. The van der Waals surface area contributed by atoms with Crippen LogP contribution in [0, 0.1) is 6.92 Å². The van der Waals surface area contributed by atoms with Crippen LogP contribution in [0.25, 0.3) is 5.65 Å². The third-order valence-electron chi connectivity index (χ3n) is 2.99. The molecule has 0 aliphatic carbocycles. The zero-order valence-corrected chi connectivity index (χ0v) is 11.5. The first-order valence-electron chi connectivity index (χ1n) is 6.18. The van der Waals surface area contributed by atoms with Crippen molar-refractivity contribution in [2.24, 2.45) is 5.73 Å². The van der Waals surface area contributed by atoms with E-state index in [9.17, 15) is 0 Å². The van der Waals surface area contributed by atoms with Crippen LogP contribution in [0.15, 0.2) is 58.6 Å². The van der Waals surface area contributed by atoms with Crippen molar-refractivity contribution in [3.05, 3.63) is 59.9 Å². The molecule has 1 aromatic carbocycles. The summed E-state index contributed by atoms with van der Waals surface area (Å²) in [6.07, 6.45) is 2.00. The van der Waals surface area contributed by atoms with Crippen LogP contribution >= 0.6 is 11.8 Å². The van der Waals surface area contributed by atoms with E-state index >= 15 is 0 Å². The summed E-state index contributed by atoms with van der Waals surface area (Å²) < 4.78 is 2.05. The first-order chi connectivity index (χ1) is 9.28. The van der Waals surface area contributed by atoms with Crippen LogP contribution < -0.4 is 5.73 Å². The number of hydrogen-bond donors (Lipinski definition) is 1. The van der Waals surface area contributed by atoms with Crippen LogP contribution in [0.3, 0.4) is 0 Å². The van der Waals surface area contributed by atoms with Gasteiger partial charge >= 0.3 is 0 Å². The largest absolute Gasteiger partial charge is 0.325 e.